The number of carbonyl (C=O) groups is 1. The number of methoxy groups -OCH3 is 1. The van der Waals surface area contributed by atoms with Crippen LogP contribution in [0.2, 0.25) is 0 Å². The minimum Gasteiger partial charge on any atom is -0.469 e. The monoisotopic (exact) mass is 386 g/mol. The molecule has 0 aliphatic rings. The summed E-state index contributed by atoms with van der Waals surface area (Å²) in [6.45, 7) is 4.10. The van der Waals surface area contributed by atoms with E-state index in [4.69, 9.17) is 0 Å². The van der Waals surface area contributed by atoms with Crippen molar-refractivity contribution in [1.29, 1.82) is 0 Å². The highest BCUT2D eigenvalue weighted by atomic mass is 32.2. The van der Waals surface area contributed by atoms with E-state index in [-0.39, 0.29) is 17.9 Å². The highest BCUT2D eigenvalue weighted by Gasteiger charge is 2.15. The molecule has 0 amide bonds. The van der Waals surface area contributed by atoms with E-state index in [0.29, 0.717) is 27.7 Å². The lowest BCUT2D eigenvalue weighted by Crippen LogP contribution is -2.22. The van der Waals surface area contributed by atoms with E-state index in [2.05, 4.69) is 16.3 Å². The molecule has 0 aliphatic heterocycles. The first-order valence-corrected chi connectivity index (χ1v) is 9.84. The smallest absolute Gasteiger partial charge is 0.306 e. The molecule has 0 radical (unpaired) electrons. The molecule has 134 valence electrons. The van der Waals surface area contributed by atoms with E-state index in [0.717, 1.165) is 10.4 Å². The van der Waals surface area contributed by atoms with Crippen LogP contribution in [0.4, 0.5) is 0 Å². The molecular formula is C19H18N2O3S2. The van der Waals surface area contributed by atoms with Gasteiger partial charge in [0.1, 0.15) is 4.83 Å². The quantitative estimate of drug-likeness (QED) is 0.266. The van der Waals surface area contributed by atoms with Crippen molar-refractivity contribution < 1.29 is 9.53 Å². The second-order valence-corrected chi connectivity index (χ2v) is 7.56. The van der Waals surface area contributed by atoms with Gasteiger partial charge >= 0.3 is 5.97 Å². The van der Waals surface area contributed by atoms with Crippen molar-refractivity contribution in [3.05, 3.63) is 59.4 Å². The van der Waals surface area contributed by atoms with Crippen LogP contribution in [0.15, 0.2) is 59.0 Å². The van der Waals surface area contributed by atoms with Gasteiger partial charge in [0.05, 0.1) is 18.9 Å². The highest BCUT2D eigenvalue weighted by molar-refractivity contribution is 7.99. The number of nitrogens with zero attached hydrogens (tertiary/aromatic N) is 2. The van der Waals surface area contributed by atoms with Crippen LogP contribution < -0.4 is 5.56 Å². The van der Waals surface area contributed by atoms with Gasteiger partial charge in [-0.15, -0.1) is 17.9 Å². The first-order chi connectivity index (χ1) is 12.6. The van der Waals surface area contributed by atoms with Crippen LogP contribution in [0, 0.1) is 0 Å². The Morgan fingerprint density at radius 3 is 2.85 bits per heavy atom. The molecule has 0 aliphatic carbocycles. The van der Waals surface area contributed by atoms with Crippen molar-refractivity contribution in [3.8, 4) is 10.4 Å². The predicted octanol–water partition coefficient (Wildman–Crippen LogP) is 3.97. The molecule has 3 aromatic rings. The van der Waals surface area contributed by atoms with Crippen molar-refractivity contribution in [1.82, 2.24) is 9.55 Å². The zero-order valence-corrected chi connectivity index (χ0v) is 15.9. The standard InChI is InChI=1S/C19H18N2O3S2/c1-3-10-21-18(23)14-12-15(13-7-5-4-6-8-13)26-17(14)20-19(21)25-11-9-16(22)24-2/h3-8,12H,1,9-11H2,2H3. The molecule has 0 N–H and O–H groups in total. The van der Waals surface area contributed by atoms with Crippen molar-refractivity contribution >= 4 is 39.3 Å². The molecule has 7 heteroatoms. The fourth-order valence-electron chi connectivity index (χ4n) is 2.47. The molecule has 3 rings (SSSR count). The van der Waals surface area contributed by atoms with Gasteiger partial charge in [-0.1, -0.05) is 48.2 Å². The van der Waals surface area contributed by atoms with Gasteiger partial charge in [0, 0.05) is 17.2 Å². The zero-order valence-electron chi connectivity index (χ0n) is 14.3. The van der Waals surface area contributed by atoms with E-state index in [1.165, 1.54) is 30.2 Å². The molecule has 5 nitrogen and oxygen atoms in total. The van der Waals surface area contributed by atoms with Crippen LogP contribution in [0.25, 0.3) is 20.7 Å². The number of fused-ring (bicyclic) bond motifs is 1. The average Bonchev–Trinajstić information content (AvgIpc) is 3.09. The summed E-state index contributed by atoms with van der Waals surface area (Å²) < 4.78 is 6.25. The first kappa shape index (κ1) is 18.4. The average molecular weight is 386 g/mol. The summed E-state index contributed by atoms with van der Waals surface area (Å²) in [6.07, 6.45) is 1.94. The largest absolute Gasteiger partial charge is 0.469 e. The van der Waals surface area contributed by atoms with E-state index in [1.54, 1.807) is 10.6 Å². The minimum atomic E-state index is -0.279. The summed E-state index contributed by atoms with van der Waals surface area (Å²) in [4.78, 5) is 30.6. The summed E-state index contributed by atoms with van der Waals surface area (Å²) in [5.41, 5.74) is 0.971. The number of benzene rings is 1. The van der Waals surface area contributed by atoms with E-state index >= 15 is 0 Å². The summed E-state index contributed by atoms with van der Waals surface area (Å²) in [5.74, 6) is 0.220. The molecule has 0 fully saturated rings. The lowest BCUT2D eigenvalue weighted by Gasteiger charge is -2.09. The Bertz CT molecular complexity index is 993. The van der Waals surface area contributed by atoms with Crippen molar-refractivity contribution in [2.24, 2.45) is 0 Å². The molecule has 0 saturated heterocycles. The van der Waals surface area contributed by atoms with Gasteiger partial charge in [-0.25, -0.2) is 4.98 Å². The SMILES string of the molecule is C=CCn1c(SCCC(=O)OC)nc2sc(-c3ccccc3)cc2c1=O. The number of aromatic nitrogens is 2. The summed E-state index contributed by atoms with van der Waals surface area (Å²) >= 11 is 2.87. The van der Waals surface area contributed by atoms with Gasteiger partial charge in [0.2, 0.25) is 0 Å². The highest BCUT2D eigenvalue weighted by Crippen LogP contribution is 2.32. The molecule has 0 saturated carbocycles. The van der Waals surface area contributed by atoms with Gasteiger partial charge in [-0.05, 0) is 11.6 Å². The number of esters is 1. The predicted molar refractivity (Wildman–Crippen MR) is 107 cm³/mol. The number of carbonyl (C=O) groups excluding carboxylic acids is 1. The van der Waals surface area contributed by atoms with Crippen molar-refractivity contribution in [2.75, 3.05) is 12.9 Å². The third-order valence-electron chi connectivity index (χ3n) is 3.75. The van der Waals surface area contributed by atoms with Crippen molar-refractivity contribution in [2.45, 2.75) is 18.1 Å². The molecule has 0 atom stereocenters. The molecular weight excluding hydrogens is 368 g/mol. The Morgan fingerprint density at radius 1 is 1.38 bits per heavy atom. The van der Waals surface area contributed by atoms with Crippen molar-refractivity contribution in [3.63, 3.8) is 0 Å². The number of hydrogen-bond acceptors (Lipinski definition) is 6. The summed E-state index contributed by atoms with van der Waals surface area (Å²) in [5, 5.41) is 1.20. The third-order valence-corrected chi connectivity index (χ3v) is 5.81. The summed E-state index contributed by atoms with van der Waals surface area (Å²) in [7, 11) is 1.36. The Morgan fingerprint density at radius 2 is 2.15 bits per heavy atom. The third kappa shape index (κ3) is 3.89. The number of thioether (sulfide) groups is 1. The Balaban J connectivity index is 2.01. The number of thiophene rings is 1. The molecule has 0 bridgehead atoms. The minimum absolute atomic E-state index is 0.0890. The van der Waals surface area contributed by atoms with Gasteiger partial charge < -0.3 is 4.74 Å². The molecule has 2 aromatic heterocycles. The molecule has 2 heterocycles. The molecule has 26 heavy (non-hydrogen) atoms. The number of hydrogen-bond donors (Lipinski definition) is 0. The van der Waals surface area contributed by atoms with E-state index < -0.39 is 0 Å². The maximum absolute atomic E-state index is 12.9. The van der Waals surface area contributed by atoms with Crippen LogP contribution in [-0.2, 0) is 16.1 Å². The Kier molecular flexibility index (Phi) is 5.90. The molecule has 1 aromatic carbocycles. The Hall–Kier alpha value is -2.38. The maximum Gasteiger partial charge on any atom is 0.306 e. The molecule has 0 spiro atoms. The van der Waals surface area contributed by atoms with Gasteiger partial charge in [-0.3, -0.25) is 14.2 Å². The first-order valence-electron chi connectivity index (χ1n) is 8.04. The van der Waals surface area contributed by atoms with Gasteiger partial charge in [0.25, 0.3) is 5.56 Å². The number of ether oxygens (including phenoxy) is 1. The molecule has 0 unspecified atom stereocenters. The van der Waals surface area contributed by atoms with Crippen LogP contribution in [0.3, 0.4) is 0 Å². The Labute approximate surface area is 159 Å². The number of rotatable bonds is 7. The lowest BCUT2D eigenvalue weighted by atomic mass is 10.2. The van der Waals surface area contributed by atoms with Crippen LogP contribution in [-0.4, -0.2) is 28.4 Å². The fourth-order valence-corrected chi connectivity index (χ4v) is 4.48. The van der Waals surface area contributed by atoms with Gasteiger partial charge in [-0.2, -0.15) is 0 Å². The van der Waals surface area contributed by atoms with Crippen LogP contribution in [0.1, 0.15) is 6.42 Å². The number of allylic oxidation sites excluding steroid dienone is 1. The lowest BCUT2D eigenvalue weighted by molar-refractivity contribution is -0.140. The fraction of sp³-hybridized carbons (Fsp3) is 0.211. The maximum atomic E-state index is 12.9. The second kappa shape index (κ2) is 8.33. The van der Waals surface area contributed by atoms with Crippen LogP contribution >= 0.6 is 23.1 Å². The van der Waals surface area contributed by atoms with Gasteiger partial charge in [0.15, 0.2) is 5.16 Å². The summed E-state index contributed by atoms with van der Waals surface area (Å²) in [6, 6.07) is 11.8. The normalized spacial score (nSPS) is 10.8. The van der Waals surface area contributed by atoms with E-state index in [9.17, 15) is 9.59 Å². The second-order valence-electron chi connectivity index (χ2n) is 5.47. The van der Waals surface area contributed by atoms with E-state index in [1.807, 2.05) is 36.4 Å². The zero-order chi connectivity index (χ0) is 18.5. The topological polar surface area (TPSA) is 61.2 Å². The van der Waals surface area contributed by atoms with Crippen LogP contribution in [0.5, 0.6) is 0 Å².